The molecule has 0 aliphatic carbocycles. The molecule has 3 N–H and O–H groups in total. The molecule has 1 atom stereocenters. The number of aliphatic carboxylic acids is 1. The number of carbonyl (C=O) groups excluding carboxylic acids is 1. The molecule has 0 unspecified atom stereocenters. The van der Waals surface area contributed by atoms with Crippen LogP contribution in [0.5, 0.6) is 0 Å². The van der Waals surface area contributed by atoms with Crippen LogP contribution < -0.4 is 5.32 Å². The van der Waals surface area contributed by atoms with Crippen molar-refractivity contribution in [2.24, 2.45) is 0 Å². The SMILES string of the molecule is C=CCN(CCO)C(=O)N[C@@H](Cc1ccccc1)C(=O)O. The lowest BCUT2D eigenvalue weighted by atomic mass is 10.1. The Morgan fingerprint density at radius 3 is 2.52 bits per heavy atom. The molecule has 0 saturated carbocycles. The van der Waals surface area contributed by atoms with Crippen molar-refractivity contribution >= 4 is 12.0 Å². The molecule has 1 aromatic rings. The fraction of sp³-hybridized carbons (Fsp3) is 0.333. The van der Waals surface area contributed by atoms with Gasteiger partial charge in [-0.15, -0.1) is 6.58 Å². The van der Waals surface area contributed by atoms with Gasteiger partial charge in [-0.2, -0.15) is 0 Å². The standard InChI is InChI=1S/C15H20N2O4/c1-2-8-17(9-10-18)15(21)16-13(14(19)20)11-12-6-4-3-5-7-12/h2-7,13,18H,1,8-11H2,(H,16,21)(H,19,20)/t13-/m0/s1. The van der Waals surface area contributed by atoms with E-state index < -0.39 is 18.0 Å². The third kappa shape index (κ3) is 5.66. The Labute approximate surface area is 123 Å². The lowest BCUT2D eigenvalue weighted by Crippen LogP contribution is -2.49. The third-order valence-electron chi connectivity index (χ3n) is 2.89. The van der Waals surface area contributed by atoms with Crippen LogP contribution >= 0.6 is 0 Å². The van der Waals surface area contributed by atoms with Crippen molar-refractivity contribution < 1.29 is 19.8 Å². The third-order valence-corrected chi connectivity index (χ3v) is 2.89. The molecule has 0 fully saturated rings. The molecule has 0 saturated heterocycles. The molecular formula is C15H20N2O4. The van der Waals surface area contributed by atoms with Crippen molar-refractivity contribution in [2.75, 3.05) is 19.7 Å². The number of nitrogens with one attached hydrogen (secondary N) is 1. The van der Waals surface area contributed by atoms with Gasteiger partial charge in [0, 0.05) is 19.5 Å². The van der Waals surface area contributed by atoms with Crippen LogP contribution in [0.4, 0.5) is 4.79 Å². The Balaban J connectivity index is 2.71. The van der Waals surface area contributed by atoms with Crippen LogP contribution in [0.3, 0.4) is 0 Å². The van der Waals surface area contributed by atoms with Crippen molar-refractivity contribution in [1.82, 2.24) is 10.2 Å². The van der Waals surface area contributed by atoms with E-state index in [0.717, 1.165) is 5.56 Å². The number of aliphatic hydroxyl groups is 1. The predicted octanol–water partition coefficient (Wildman–Crippen LogP) is 0.872. The summed E-state index contributed by atoms with van der Waals surface area (Å²) in [6, 6.07) is 7.51. The van der Waals surface area contributed by atoms with Gasteiger partial charge in [0.15, 0.2) is 0 Å². The molecule has 0 heterocycles. The molecule has 1 aromatic carbocycles. The van der Waals surface area contributed by atoms with Crippen LogP contribution in [-0.4, -0.2) is 52.9 Å². The highest BCUT2D eigenvalue weighted by Gasteiger charge is 2.22. The summed E-state index contributed by atoms with van der Waals surface area (Å²) < 4.78 is 0. The molecule has 0 spiro atoms. The maximum Gasteiger partial charge on any atom is 0.326 e. The largest absolute Gasteiger partial charge is 0.480 e. The summed E-state index contributed by atoms with van der Waals surface area (Å²) >= 11 is 0. The Morgan fingerprint density at radius 1 is 1.33 bits per heavy atom. The number of aliphatic hydroxyl groups excluding tert-OH is 1. The Kier molecular flexibility index (Phi) is 6.97. The molecule has 0 aromatic heterocycles. The second kappa shape index (κ2) is 8.76. The summed E-state index contributed by atoms with van der Waals surface area (Å²) in [4.78, 5) is 24.6. The number of carbonyl (C=O) groups is 2. The topological polar surface area (TPSA) is 89.9 Å². The first kappa shape index (κ1) is 16.7. The molecule has 0 bridgehead atoms. The van der Waals surface area contributed by atoms with E-state index in [1.165, 1.54) is 11.0 Å². The van der Waals surface area contributed by atoms with Crippen LogP contribution in [0, 0.1) is 0 Å². The minimum atomic E-state index is -1.10. The first-order valence-electron chi connectivity index (χ1n) is 6.62. The van der Waals surface area contributed by atoms with Crippen molar-refractivity contribution in [3.8, 4) is 0 Å². The number of carboxylic acid groups (broad SMARTS) is 1. The molecule has 0 radical (unpaired) electrons. The lowest BCUT2D eigenvalue weighted by Gasteiger charge is -2.23. The van der Waals surface area contributed by atoms with E-state index in [-0.39, 0.29) is 26.1 Å². The number of hydrogen-bond donors (Lipinski definition) is 3. The molecule has 6 nitrogen and oxygen atoms in total. The normalized spacial score (nSPS) is 11.5. The Morgan fingerprint density at radius 2 is 2.00 bits per heavy atom. The van der Waals surface area contributed by atoms with Gasteiger partial charge in [-0.05, 0) is 5.56 Å². The molecule has 2 amide bonds. The van der Waals surface area contributed by atoms with Crippen molar-refractivity contribution in [3.05, 3.63) is 48.6 Å². The zero-order chi connectivity index (χ0) is 15.7. The number of nitrogens with zero attached hydrogens (tertiary/aromatic N) is 1. The highest BCUT2D eigenvalue weighted by atomic mass is 16.4. The average Bonchev–Trinajstić information content (AvgIpc) is 2.47. The number of urea groups is 1. The number of carboxylic acids is 1. The van der Waals surface area contributed by atoms with Crippen molar-refractivity contribution in [3.63, 3.8) is 0 Å². The van der Waals surface area contributed by atoms with E-state index >= 15 is 0 Å². The van der Waals surface area contributed by atoms with E-state index in [4.69, 9.17) is 5.11 Å². The smallest absolute Gasteiger partial charge is 0.326 e. The summed E-state index contributed by atoms with van der Waals surface area (Å²) in [7, 11) is 0. The fourth-order valence-electron chi connectivity index (χ4n) is 1.84. The maximum absolute atomic E-state index is 12.0. The highest BCUT2D eigenvalue weighted by Crippen LogP contribution is 2.04. The Hall–Kier alpha value is -2.34. The van der Waals surface area contributed by atoms with Gasteiger partial charge in [-0.3, -0.25) is 0 Å². The maximum atomic E-state index is 12.0. The second-order valence-corrected chi connectivity index (χ2v) is 4.49. The first-order chi connectivity index (χ1) is 10.1. The highest BCUT2D eigenvalue weighted by molar-refractivity contribution is 5.82. The summed E-state index contributed by atoms with van der Waals surface area (Å²) in [5.74, 6) is -1.10. The molecule has 0 aliphatic rings. The molecule has 0 aliphatic heterocycles. The van der Waals surface area contributed by atoms with Crippen molar-refractivity contribution in [2.45, 2.75) is 12.5 Å². The molecular weight excluding hydrogens is 272 g/mol. The van der Waals surface area contributed by atoms with Gasteiger partial charge in [0.2, 0.25) is 0 Å². The zero-order valence-electron chi connectivity index (χ0n) is 11.7. The lowest BCUT2D eigenvalue weighted by molar-refractivity contribution is -0.139. The summed E-state index contributed by atoms with van der Waals surface area (Å²) in [6.07, 6.45) is 1.71. The van der Waals surface area contributed by atoms with Gasteiger partial charge in [0.25, 0.3) is 0 Å². The van der Waals surface area contributed by atoms with Crippen molar-refractivity contribution in [1.29, 1.82) is 0 Å². The molecule has 1 rings (SSSR count). The average molecular weight is 292 g/mol. The number of benzene rings is 1. The number of amides is 2. The van der Waals surface area contributed by atoms with Gasteiger partial charge < -0.3 is 20.4 Å². The van der Waals surface area contributed by atoms with Gasteiger partial charge in [0.1, 0.15) is 6.04 Å². The molecule has 6 heteroatoms. The minimum absolute atomic E-state index is 0.121. The van der Waals surface area contributed by atoms with Crippen LogP contribution in [0.2, 0.25) is 0 Å². The Bertz CT molecular complexity index is 476. The second-order valence-electron chi connectivity index (χ2n) is 4.49. The van der Waals surface area contributed by atoms with E-state index in [0.29, 0.717) is 0 Å². The predicted molar refractivity (Wildman–Crippen MR) is 79.0 cm³/mol. The molecule has 21 heavy (non-hydrogen) atoms. The van der Waals surface area contributed by atoms with Crippen LogP contribution in [0.15, 0.2) is 43.0 Å². The minimum Gasteiger partial charge on any atom is -0.480 e. The first-order valence-corrected chi connectivity index (χ1v) is 6.62. The fourth-order valence-corrected chi connectivity index (χ4v) is 1.84. The van der Waals surface area contributed by atoms with E-state index in [1.807, 2.05) is 18.2 Å². The van der Waals surface area contributed by atoms with Gasteiger partial charge in [0.05, 0.1) is 6.61 Å². The zero-order valence-corrected chi connectivity index (χ0v) is 11.7. The summed E-state index contributed by atoms with van der Waals surface area (Å²) in [6.45, 7) is 3.69. The van der Waals surface area contributed by atoms with Gasteiger partial charge in [-0.1, -0.05) is 36.4 Å². The summed E-state index contributed by atoms with van der Waals surface area (Å²) in [5, 5.41) is 20.6. The van der Waals surface area contributed by atoms with Gasteiger partial charge >= 0.3 is 12.0 Å². The van der Waals surface area contributed by atoms with Crippen LogP contribution in [0.1, 0.15) is 5.56 Å². The van der Waals surface area contributed by atoms with E-state index in [1.54, 1.807) is 12.1 Å². The summed E-state index contributed by atoms with van der Waals surface area (Å²) in [5.41, 5.74) is 0.822. The van der Waals surface area contributed by atoms with Crippen LogP contribution in [-0.2, 0) is 11.2 Å². The number of rotatable bonds is 8. The monoisotopic (exact) mass is 292 g/mol. The van der Waals surface area contributed by atoms with Gasteiger partial charge in [-0.25, -0.2) is 9.59 Å². The quantitative estimate of drug-likeness (QED) is 0.620. The molecule has 114 valence electrons. The van der Waals surface area contributed by atoms with E-state index in [9.17, 15) is 14.7 Å². The van der Waals surface area contributed by atoms with E-state index in [2.05, 4.69) is 11.9 Å². The number of hydrogen-bond acceptors (Lipinski definition) is 3. The van der Waals surface area contributed by atoms with Crippen LogP contribution in [0.25, 0.3) is 0 Å².